The molecule has 0 aliphatic carbocycles. The molecule has 0 amide bonds. The Bertz CT molecular complexity index is 1570. The van der Waals surface area contributed by atoms with E-state index in [9.17, 15) is 13.0 Å². The van der Waals surface area contributed by atoms with Gasteiger partial charge in [-0.2, -0.15) is 8.96 Å². The lowest BCUT2D eigenvalue weighted by Crippen LogP contribution is -2.21. The van der Waals surface area contributed by atoms with E-state index >= 15 is 0 Å². The Kier molecular flexibility index (Phi) is 8.70. The number of aromatic nitrogens is 3. The molecule has 4 rings (SSSR count). The largest absolute Gasteiger partial charge is 0.609 e. The molecule has 0 aliphatic heterocycles. The van der Waals surface area contributed by atoms with Gasteiger partial charge in [0.1, 0.15) is 23.9 Å². The quantitative estimate of drug-likeness (QED) is 0.249. The van der Waals surface area contributed by atoms with Crippen molar-refractivity contribution in [2.45, 2.75) is 29.7 Å². The number of pyridine rings is 1. The maximum atomic E-state index is 14.0. The van der Waals surface area contributed by atoms with E-state index < -0.39 is 21.2 Å². The number of ether oxygens (including phenoxy) is 3. The van der Waals surface area contributed by atoms with Crippen LogP contribution < -0.4 is 14.2 Å². The summed E-state index contributed by atoms with van der Waals surface area (Å²) in [4.78, 5) is 10.9. The molecule has 0 bridgehead atoms. The highest BCUT2D eigenvalue weighted by atomic mass is 32.2. The molecule has 0 fully saturated rings. The molecule has 39 heavy (non-hydrogen) atoms. The average molecular weight is 573 g/mol. The number of methoxy groups -OCH3 is 2. The fraction of sp³-hybridized carbons (Fsp3) is 0.333. The number of hydrogen-bond acceptors (Lipinski definition) is 9. The maximum Gasteiger partial charge on any atom is 0.338 e. The predicted octanol–water partition coefficient (Wildman–Crippen LogP) is 3.55. The Morgan fingerprint density at radius 2 is 1.72 bits per heavy atom. The molecule has 0 spiro atoms. The molecule has 0 saturated heterocycles. The number of hydrogen-bond donors (Lipinski definition) is 0. The van der Waals surface area contributed by atoms with Gasteiger partial charge in [0.05, 0.1) is 35.8 Å². The zero-order valence-corrected chi connectivity index (χ0v) is 24.4. The molecular formula is C27H32N4O6S2. The van der Waals surface area contributed by atoms with Crippen LogP contribution in [0.25, 0.3) is 11.0 Å². The minimum Gasteiger partial charge on any atom is -0.609 e. The summed E-state index contributed by atoms with van der Waals surface area (Å²) in [5.41, 5.74) is 2.75. The first kappa shape index (κ1) is 28.7. The van der Waals surface area contributed by atoms with Crippen LogP contribution in [0.1, 0.15) is 16.8 Å². The van der Waals surface area contributed by atoms with Gasteiger partial charge in [-0.1, -0.05) is 0 Å². The van der Waals surface area contributed by atoms with Crippen LogP contribution in [0.2, 0.25) is 0 Å². The number of rotatable bonds is 11. The Labute approximate surface area is 231 Å². The monoisotopic (exact) mass is 572 g/mol. The first-order valence-corrected chi connectivity index (χ1v) is 14.9. The fourth-order valence-electron chi connectivity index (χ4n) is 4.08. The van der Waals surface area contributed by atoms with Gasteiger partial charge in [-0.3, -0.25) is 4.98 Å². The van der Waals surface area contributed by atoms with Gasteiger partial charge < -0.3 is 23.7 Å². The Morgan fingerprint density at radius 3 is 2.36 bits per heavy atom. The molecule has 2 aromatic carbocycles. The minimum absolute atomic E-state index is 0.00846. The molecule has 0 N–H and O–H groups in total. The highest BCUT2D eigenvalue weighted by Crippen LogP contribution is 2.32. The van der Waals surface area contributed by atoms with E-state index in [4.69, 9.17) is 14.2 Å². The Morgan fingerprint density at radius 1 is 1.03 bits per heavy atom. The van der Waals surface area contributed by atoms with Crippen LogP contribution in [0.3, 0.4) is 0 Å². The van der Waals surface area contributed by atoms with Gasteiger partial charge in [0.25, 0.3) is 10.0 Å². The van der Waals surface area contributed by atoms with Crippen LogP contribution in [0.15, 0.2) is 58.7 Å². The normalized spacial score (nSPS) is 12.6. The molecule has 2 aromatic heterocycles. The fourth-order valence-corrected chi connectivity index (χ4v) is 7.12. The highest BCUT2D eigenvalue weighted by Gasteiger charge is 2.32. The van der Waals surface area contributed by atoms with Crippen LogP contribution in [0.4, 0.5) is 0 Å². The van der Waals surface area contributed by atoms with E-state index in [0.29, 0.717) is 35.1 Å². The molecule has 4 aromatic rings. The molecule has 12 heteroatoms. The topological polar surface area (TPSA) is 119 Å². The van der Waals surface area contributed by atoms with Crippen molar-refractivity contribution in [3.05, 3.63) is 65.5 Å². The summed E-state index contributed by atoms with van der Waals surface area (Å²) in [6, 6.07) is 11.0. The molecule has 0 radical (unpaired) electrons. The molecule has 0 aliphatic rings. The second-order valence-electron chi connectivity index (χ2n) is 9.18. The average Bonchev–Trinajstić information content (AvgIpc) is 3.30. The Hall–Kier alpha value is -3.32. The number of aryl methyl sites for hydroxylation is 1. The molecule has 0 saturated carbocycles. The third kappa shape index (κ3) is 5.98. The van der Waals surface area contributed by atoms with Crippen molar-refractivity contribution in [2.24, 2.45) is 0 Å². The van der Waals surface area contributed by atoms with Gasteiger partial charge in [0, 0.05) is 41.1 Å². The van der Waals surface area contributed by atoms with Gasteiger partial charge in [-0.05, 0) is 64.3 Å². The summed E-state index contributed by atoms with van der Waals surface area (Å²) in [5, 5.41) is -0.106. The van der Waals surface area contributed by atoms with E-state index in [0.717, 1.165) is 21.6 Å². The molecule has 1 unspecified atom stereocenters. The van der Waals surface area contributed by atoms with Crippen LogP contribution >= 0.6 is 0 Å². The second kappa shape index (κ2) is 11.8. The van der Waals surface area contributed by atoms with Crippen molar-refractivity contribution < 1.29 is 27.2 Å². The van der Waals surface area contributed by atoms with Gasteiger partial charge in [-0.15, -0.1) is 0 Å². The first-order chi connectivity index (χ1) is 18.6. The van der Waals surface area contributed by atoms with Gasteiger partial charge in [0.15, 0.2) is 5.75 Å². The van der Waals surface area contributed by atoms with E-state index in [1.54, 1.807) is 43.6 Å². The van der Waals surface area contributed by atoms with Crippen molar-refractivity contribution >= 4 is 32.2 Å². The van der Waals surface area contributed by atoms with Crippen molar-refractivity contribution in [1.29, 1.82) is 0 Å². The van der Waals surface area contributed by atoms with E-state index in [1.807, 2.05) is 32.8 Å². The summed E-state index contributed by atoms with van der Waals surface area (Å²) in [5.74, 6) is 1.60. The predicted molar refractivity (Wildman–Crippen MR) is 150 cm³/mol. The number of benzene rings is 2. The van der Waals surface area contributed by atoms with Crippen molar-refractivity contribution in [3.63, 3.8) is 0 Å². The van der Waals surface area contributed by atoms with Crippen LogP contribution in [0.5, 0.6) is 17.2 Å². The van der Waals surface area contributed by atoms with E-state index in [2.05, 4.69) is 9.97 Å². The number of fused-ring (bicyclic) bond motifs is 1. The molecule has 1 atom stereocenters. The number of likely N-dealkylation sites (N-methyl/N-ethyl adjacent to an activating group) is 1. The van der Waals surface area contributed by atoms with Crippen LogP contribution in [-0.2, 0) is 27.0 Å². The smallest absolute Gasteiger partial charge is 0.338 e. The SMILES string of the molecule is COc1ccc2nc([S+]([O-])Cc3ncc(C)c(OC)c3C)n(S(=O)(=O)c3ccc(OCCN(C)C)cc3)c2c1. The zero-order valence-electron chi connectivity index (χ0n) is 22.8. The highest BCUT2D eigenvalue weighted by molar-refractivity contribution is 7.93. The third-order valence-electron chi connectivity index (χ3n) is 6.18. The van der Waals surface area contributed by atoms with Gasteiger partial charge in [-0.25, -0.2) is 8.42 Å². The van der Waals surface area contributed by atoms with Gasteiger partial charge >= 0.3 is 5.16 Å². The summed E-state index contributed by atoms with van der Waals surface area (Å²) in [6.07, 6.45) is 1.64. The summed E-state index contributed by atoms with van der Waals surface area (Å²) < 4.78 is 59.2. The van der Waals surface area contributed by atoms with E-state index in [1.165, 1.54) is 19.2 Å². The second-order valence-corrected chi connectivity index (χ2v) is 12.3. The summed E-state index contributed by atoms with van der Waals surface area (Å²) in [7, 11) is 2.74. The molecule has 208 valence electrons. The van der Waals surface area contributed by atoms with Crippen molar-refractivity contribution in [3.8, 4) is 17.2 Å². The zero-order chi connectivity index (χ0) is 28.3. The lowest BCUT2D eigenvalue weighted by molar-refractivity contribution is 0.261. The summed E-state index contributed by atoms with van der Waals surface area (Å²) in [6.45, 7) is 4.89. The maximum absolute atomic E-state index is 14.0. The lowest BCUT2D eigenvalue weighted by atomic mass is 10.1. The standard InChI is InChI=1S/C27H32N4O6S2/c1-18-16-28-24(19(2)26(18)36-6)17-38(32)27-29-23-12-9-21(35-5)15-25(23)31(27)39(33,34)22-10-7-20(8-11-22)37-14-13-30(3)4/h7-12,15-16H,13-14,17H2,1-6H3. The van der Waals surface area contributed by atoms with Crippen molar-refractivity contribution in [1.82, 2.24) is 18.8 Å². The summed E-state index contributed by atoms with van der Waals surface area (Å²) >= 11 is -1.86. The van der Waals surface area contributed by atoms with E-state index in [-0.39, 0.29) is 21.3 Å². The number of imidazole rings is 1. The Balaban J connectivity index is 1.77. The third-order valence-corrected chi connectivity index (χ3v) is 9.23. The molecule has 2 heterocycles. The minimum atomic E-state index is -4.20. The van der Waals surface area contributed by atoms with Crippen LogP contribution in [0, 0.1) is 13.8 Å². The van der Waals surface area contributed by atoms with Crippen molar-refractivity contribution in [2.75, 3.05) is 41.5 Å². The van der Waals surface area contributed by atoms with Gasteiger partial charge in [0.2, 0.25) is 0 Å². The molecular weight excluding hydrogens is 540 g/mol. The van der Waals surface area contributed by atoms with Crippen LogP contribution in [-0.4, -0.2) is 73.3 Å². The number of nitrogens with zero attached hydrogens (tertiary/aromatic N) is 4. The lowest BCUT2D eigenvalue weighted by Gasteiger charge is -2.16. The molecule has 10 nitrogen and oxygen atoms in total. The first-order valence-electron chi connectivity index (χ1n) is 12.1.